The van der Waals surface area contributed by atoms with E-state index in [-0.39, 0.29) is 0 Å². The molecule has 0 saturated heterocycles. The average Bonchev–Trinajstić information content (AvgIpc) is 3.88. The largest absolute Gasteiger partial charge is 0.456 e. The Labute approximate surface area is 353 Å². The number of rotatable bonds is 7. The van der Waals surface area contributed by atoms with Gasteiger partial charge in [0.1, 0.15) is 11.2 Å². The Morgan fingerprint density at radius 2 is 0.885 bits per heavy atom. The van der Waals surface area contributed by atoms with Gasteiger partial charge in [0.05, 0.1) is 11.0 Å². The van der Waals surface area contributed by atoms with Crippen LogP contribution in [-0.2, 0) is 0 Å². The summed E-state index contributed by atoms with van der Waals surface area (Å²) in [5, 5.41) is 7.22. The monoisotopic (exact) mass is 778 g/mol. The van der Waals surface area contributed by atoms with E-state index in [0.717, 1.165) is 55.8 Å². The van der Waals surface area contributed by atoms with Gasteiger partial charge in [-0.25, -0.2) is 0 Å². The second-order valence-electron chi connectivity index (χ2n) is 15.7. The summed E-state index contributed by atoms with van der Waals surface area (Å²) in [5.74, 6) is 0. The summed E-state index contributed by atoms with van der Waals surface area (Å²) in [5.41, 5.74) is 15.6. The van der Waals surface area contributed by atoms with E-state index < -0.39 is 0 Å². The number of furan rings is 1. The molecule has 3 nitrogen and oxygen atoms in total. The molecule has 0 spiro atoms. The maximum Gasteiger partial charge on any atom is 0.136 e. The van der Waals surface area contributed by atoms with Crippen LogP contribution in [0.15, 0.2) is 235 Å². The smallest absolute Gasteiger partial charge is 0.136 e. The fourth-order valence-corrected chi connectivity index (χ4v) is 9.28. The first kappa shape index (κ1) is 34.9. The van der Waals surface area contributed by atoms with Gasteiger partial charge in [0.15, 0.2) is 0 Å². The molecule has 0 aliphatic heterocycles. The topological polar surface area (TPSA) is 21.3 Å². The van der Waals surface area contributed by atoms with E-state index in [2.05, 4.69) is 228 Å². The predicted octanol–water partition coefficient (Wildman–Crippen LogP) is 16.3. The van der Waals surface area contributed by atoms with Gasteiger partial charge in [-0.05, 0) is 123 Å². The Balaban J connectivity index is 0.903. The highest BCUT2D eigenvalue weighted by Gasteiger charge is 2.18. The molecule has 10 aromatic carbocycles. The van der Waals surface area contributed by atoms with Gasteiger partial charge in [-0.1, -0.05) is 152 Å². The molecule has 0 unspecified atom stereocenters. The van der Waals surface area contributed by atoms with Crippen LogP contribution in [0.1, 0.15) is 0 Å². The Morgan fingerprint density at radius 3 is 1.64 bits per heavy atom. The minimum atomic E-state index is 0.895. The maximum atomic E-state index is 6.28. The molecule has 0 radical (unpaired) electrons. The molecule has 0 bridgehead atoms. The molecule has 61 heavy (non-hydrogen) atoms. The molecule has 0 saturated carbocycles. The lowest BCUT2D eigenvalue weighted by molar-refractivity contribution is 0.669. The predicted molar refractivity (Wildman–Crippen MR) is 257 cm³/mol. The van der Waals surface area contributed by atoms with Gasteiger partial charge in [0.2, 0.25) is 0 Å². The van der Waals surface area contributed by atoms with Crippen LogP contribution in [0.25, 0.3) is 93.6 Å². The number of nitrogens with zero attached hydrogens (tertiary/aromatic N) is 2. The minimum absolute atomic E-state index is 0.895. The van der Waals surface area contributed by atoms with Gasteiger partial charge >= 0.3 is 0 Å². The zero-order valence-electron chi connectivity index (χ0n) is 33.2. The molecule has 12 aromatic rings. The van der Waals surface area contributed by atoms with Crippen LogP contribution in [0.2, 0.25) is 0 Å². The molecule has 0 fully saturated rings. The molecule has 0 aliphatic rings. The first-order chi connectivity index (χ1) is 30.2. The van der Waals surface area contributed by atoms with Crippen molar-refractivity contribution < 1.29 is 4.42 Å². The third-order valence-electron chi connectivity index (χ3n) is 12.2. The fraction of sp³-hybridized carbons (Fsp3) is 0. The molecule has 286 valence electrons. The molecule has 3 heteroatoms. The van der Waals surface area contributed by atoms with Crippen molar-refractivity contribution in [2.24, 2.45) is 0 Å². The van der Waals surface area contributed by atoms with Crippen molar-refractivity contribution in [3.63, 3.8) is 0 Å². The maximum absolute atomic E-state index is 6.28. The van der Waals surface area contributed by atoms with Gasteiger partial charge in [0, 0.05) is 44.3 Å². The summed E-state index contributed by atoms with van der Waals surface area (Å²) >= 11 is 0. The molecular formula is C58H38N2O. The summed E-state index contributed by atoms with van der Waals surface area (Å²) in [6.45, 7) is 0. The van der Waals surface area contributed by atoms with E-state index >= 15 is 0 Å². The third kappa shape index (κ3) is 5.98. The van der Waals surface area contributed by atoms with E-state index in [1.165, 1.54) is 54.8 Å². The lowest BCUT2D eigenvalue weighted by atomic mass is 9.98. The second-order valence-corrected chi connectivity index (χ2v) is 15.7. The summed E-state index contributed by atoms with van der Waals surface area (Å²) in [6, 6.07) is 82.9. The first-order valence-corrected chi connectivity index (χ1v) is 20.8. The standard InChI is InChI=1S/C58H38N2O/c1-2-13-44-37-49(35-30-39(44)12-1)59(48-17-10-16-45(38-48)50-21-11-25-57-58(50)53-20-5-8-24-56(53)61-57)46-31-26-40(27-32-46)42-14-9-15-43(36-42)41-28-33-47(34-29-41)60-54-22-6-3-18-51(54)52-19-4-7-23-55(52)60/h1-38H. The summed E-state index contributed by atoms with van der Waals surface area (Å²) in [4.78, 5) is 2.36. The van der Waals surface area contributed by atoms with Crippen molar-refractivity contribution in [2.45, 2.75) is 0 Å². The number of fused-ring (bicyclic) bond motifs is 7. The first-order valence-electron chi connectivity index (χ1n) is 20.8. The van der Waals surface area contributed by atoms with E-state index in [4.69, 9.17) is 4.42 Å². The van der Waals surface area contributed by atoms with Crippen molar-refractivity contribution >= 4 is 71.6 Å². The van der Waals surface area contributed by atoms with Crippen LogP contribution in [-0.4, -0.2) is 4.57 Å². The molecular weight excluding hydrogens is 741 g/mol. The summed E-state index contributed by atoms with van der Waals surface area (Å²) in [7, 11) is 0. The van der Waals surface area contributed by atoms with Crippen molar-refractivity contribution in [3.05, 3.63) is 231 Å². The van der Waals surface area contributed by atoms with Crippen LogP contribution in [0.5, 0.6) is 0 Å². The highest BCUT2D eigenvalue weighted by atomic mass is 16.3. The van der Waals surface area contributed by atoms with Crippen LogP contribution in [0.3, 0.4) is 0 Å². The van der Waals surface area contributed by atoms with Gasteiger partial charge in [-0.3, -0.25) is 0 Å². The zero-order chi connectivity index (χ0) is 40.3. The van der Waals surface area contributed by atoms with E-state index in [9.17, 15) is 0 Å². The summed E-state index contributed by atoms with van der Waals surface area (Å²) < 4.78 is 8.65. The number of aromatic nitrogens is 1. The third-order valence-corrected chi connectivity index (χ3v) is 12.2. The molecule has 0 amide bonds. The van der Waals surface area contributed by atoms with Gasteiger partial charge in [-0.2, -0.15) is 0 Å². The molecule has 0 atom stereocenters. The Hall–Kier alpha value is -8.14. The normalized spacial score (nSPS) is 11.6. The zero-order valence-corrected chi connectivity index (χ0v) is 33.2. The Bertz CT molecular complexity index is 3540. The molecule has 2 aromatic heterocycles. The van der Waals surface area contributed by atoms with Crippen LogP contribution in [0.4, 0.5) is 17.1 Å². The van der Waals surface area contributed by atoms with Gasteiger partial charge in [0.25, 0.3) is 0 Å². The minimum Gasteiger partial charge on any atom is -0.456 e. The number of hydrogen-bond acceptors (Lipinski definition) is 2. The lowest BCUT2D eigenvalue weighted by Gasteiger charge is -2.26. The van der Waals surface area contributed by atoms with Crippen molar-refractivity contribution in [1.29, 1.82) is 0 Å². The SMILES string of the molecule is c1cc(-c2ccc(N(c3cccc(-c4cccc5oc6ccccc6c45)c3)c3ccc4ccccc4c3)cc2)cc(-c2ccc(-n3c4ccccc4c4ccccc43)cc2)c1. The number of anilines is 3. The van der Waals surface area contributed by atoms with Gasteiger partial charge in [-0.15, -0.1) is 0 Å². The Kier molecular flexibility index (Phi) is 8.17. The molecule has 12 rings (SSSR count). The van der Waals surface area contributed by atoms with Gasteiger partial charge < -0.3 is 13.9 Å². The highest BCUT2D eigenvalue weighted by molar-refractivity contribution is 6.13. The molecule has 0 N–H and O–H groups in total. The van der Waals surface area contributed by atoms with Crippen LogP contribution >= 0.6 is 0 Å². The van der Waals surface area contributed by atoms with Crippen molar-refractivity contribution in [3.8, 4) is 39.1 Å². The number of hydrogen-bond donors (Lipinski definition) is 0. The van der Waals surface area contributed by atoms with E-state index in [0.29, 0.717) is 0 Å². The van der Waals surface area contributed by atoms with Crippen LogP contribution < -0.4 is 4.90 Å². The summed E-state index contributed by atoms with van der Waals surface area (Å²) in [6.07, 6.45) is 0. The second kappa shape index (κ2) is 14.3. The quantitative estimate of drug-likeness (QED) is 0.161. The number of benzene rings is 10. The fourth-order valence-electron chi connectivity index (χ4n) is 9.28. The van der Waals surface area contributed by atoms with E-state index in [1.807, 2.05) is 12.1 Å². The number of para-hydroxylation sites is 3. The van der Waals surface area contributed by atoms with Crippen LogP contribution in [0, 0.1) is 0 Å². The lowest BCUT2D eigenvalue weighted by Crippen LogP contribution is -2.10. The van der Waals surface area contributed by atoms with Crippen molar-refractivity contribution in [2.75, 3.05) is 4.90 Å². The molecule has 2 heterocycles. The van der Waals surface area contributed by atoms with E-state index in [1.54, 1.807) is 0 Å². The highest BCUT2D eigenvalue weighted by Crippen LogP contribution is 2.42. The average molecular weight is 779 g/mol. The Morgan fingerprint density at radius 1 is 0.328 bits per heavy atom. The van der Waals surface area contributed by atoms with Crippen molar-refractivity contribution in [1.82, 2.24) is 4.57 Å². The molecule has 0 aliphatic carbocycles.